The van der Waals surface area contributed by atoms with Gasteiger partial charge in [0.1, 0.15) is 12.4 Å². The highest BCUT2D eigenvalue weighted by atomic mass is 79.9. The Labute approximate surface area is 112 Å². The largest absolute Gasteiger partial charge is 0.491 e. The molecule has 0 saturated heterocycles. The lowest BCUT2D eigenvalue weighted by Gasteiger charge is -2.20. The van der Waals surface area contributed by atoms with Gasteiger partial charge in [0.15, 0.2) is 0 Å². The standard InChI is InChI=1S/C14H21BrO2/c1-11-5-6-13(12(9-11)10-15)16-7-8-17-14(2,3)4/h5-6,9H,7-8,10H2,1-4H3. The highest BCUT2D eigenvalue weighted by Gasteiger charge is 2.09. The summed E-state index contributed by atoms with van der Waals surface area (Å²) in [5.74, 6) is 0.935. The Morgan fingerprint density at radius 2 is 1.88 bits per heavy atom. The minimum absolute atomic E-state index is 0.102. The van der Waals surface area contributed by atoms with Gasteiger partial charge in [-0.15, -0.1) is 0 Å². The summed E-state index contributed by atoms with van der Waals surface area (Å²) in [4.78, 5) is 0. The molecule has 0 saturated carbocycles. The average molecular weight is 301 g/mol. The van der Waals surface area contributed by atoms with Gasteiger partial charge in [0.25, 0.3) is 0 Å². The van der Waals surface area contributed by atoms with Crippen LogP contribution in [0.3, 0.4) is 0 Å². The van der Waals surface area contributed by atoms with Gasteiger partial charge in [0, 0.05) is 10.9 Å². The van der Waals surface area contributed by atoms with Crippen LogP contribution in [-0.2, 0) is 10.1 Å². The number of benzene rings is 1. The summed E-state index contributed by atoms with van der Waals surface area (Å²) in [6, 6.07) is 6.21. The Kier molecular flexibility index (Phi) is 5.47. The number of alkyl halides is 1. The zero-order valence-corrected chi connectivity index (χ0v) is 12.6. The fourth-order valence-corrected chi connectivity index (χ4v) is 1.89. The predicted molar refractivity (Wildman–Crippen MR) is 75.0 cm³/mol. The monoisotopic (exact) mass is 300 g/mol. The molecule has 1 aromatic rings. The minimum atomic E-state index is -0.102. The highest BCUT2D eigenvalue weighted by Crippen LogP contribution is 2.22. The van der Waals surface area contributed by atoms with Crippen LogP contribution >= 0.6 is 15.9 Å². The van der Waals surface area contributed by atoms with Crippen LogP contribution in [0.15, 0.2) is 18.2 Å². The molecule has 0 fully saturated rings. The van der Waals surface area contributed by atoms with Gasteiger partial charge in [-0.2, -0.15) is 0 Å². The van der Waals surface area contributed by atoms with Gasteiger partial charge in [-0.3, -0.25) is 0 Å². The van der Waals surface area contributed by atoms with E-state index in [1.54, 1.807) is 0 Å². The van der Waals surface area contributed by atoms with Crippen molar-refractivity contribution in [3.05, 3.63) is 29.3 Å². The van der Waals surface area contributed by atoms with Crippen LogP contribution in [0.5, 0.6) is 5.75 Å². The second kappa shape index (κ2) is 6.41. The molecule has 1 rings (SSSR count). The summed E-state index contributed by atoms with van der Waals surface area (Å²) < 4.78 is 11.3. The van der Waals surface area contributed by atoms with E-state index >= 15 is 0 Å². The van der Waals surface area contributed by atoms with Crippen LogP contribution in [0.25, 0.3) is 0 Å². The van der Waals surface area contributed by atoms with Crippen molar-refractivity contribution in [1.82, 2.24) is 0 Å². The smallest absolute Gasteiger partial charge is 0.123 e. The normalized spacial score (nSPS) is 11.6. The molecule has 0 spiro atoms. The Bertz CT molecular complexity index is 356. The minimum Gasteiger partial charge on any atom is -0.491 e. The molecule has 3 heteroatoms. The molecule has 0 bridgehead atoms. The molecule has 1 aromatic carbocycles. The number of hydrogen-bond donors (Lipinski definition) is 0. The third-order valence-corrected chi connectivity index (χ3v) is 2.84. The van der Waals surface area contributed by atoms with Gasteiger partial charge in [-0.1, -0.05) is 33.6 Å². The molecule has 0 heterocycles. The second-order valence-corrected chi connectivity index (χ2v) is 5.61. The molecule has 0 atom stereocenters. The molecule has 0 N–H and O–H groups in total. The summed E-state index contributed by atoms with van der Waals surface area (Å²) >= 11 is 3.47. The Hall–Kier alpha value is -0.540. The van der Waals surface area contributed by atoms with Gasteiger partial charge >= 0.3 is 0 Å². The van der Waals surface area contributed by atoms with Crippen LogP contribution in [0.1, 0.15) is 31.9 Å². The molecule has 96 valence electrons. The maximum Gasteiger partial charge on any atom is 0.123 e. The van der Waals surface area contributed by atoms with Gasteiger partial charge < -0.3 is 9.47 Å². The molecule has 0 aliphatic heterocycles. The summed E-state index contributed by atoms with van der Waals surface area (Å²) in [5.41, 5.74) is 2.33. The van der Waals surface area contributed by atoms with Crippen molar-refractivity contribution < 1.29 is 9.47 Å². The number of aryl methyl sites for hydroxylation is 1. The number of ether oxygens (including phenoxy) is 2. The van der Waals surface area contributed by atoms with E-state index in [9.17, 15) is 0 Å². The fraction of sp³-hybridized carbons (Fsp3) is 0.571. The van der Waals surface area contributed by atoms with E-state index in [0.717, 1.165) is 11.1 Å². The first-order valence-electron chi connectivity index (χ1n) is 5.84. The molecular weight excluding hydrogens is 280 g/mol. The van der Waals surface area contributed by atoms with E-state index in [2.05, 4.69) is 35.0 Å². The lowest BCUT2D eigenvalue weighted by molar-refractivity contribution is -0.0163. The Morgan fingerprint density at radius 3 is 2.47 bits per heavy atom. The molecule has 0 aromatic heterocycles. The van der Waals surface area contributed by atoms with Crippen molar-refractivity contribution in [3.8, 4) is 5.75 Å². The highest BCUT2D eigenvalue weighted by molar-refractivity contribution is 9.08. The van der Waals surface area contributed by atoms with E-state index in [0.29, 0.717) is 13.2 Å². The molecule has 0 aliphatic rings. The van der Waals surface area contributed by atoms with E-state index in [4.69, 9.17) is 9.47 Å². The van der Waals surface area contributed by atoms with Crippen LogP contribution in [0, 0.1) is 6.92 Å². The van der Waals surface area contributed by atoms with Gasteiger partial charge in [0.05, 0.1) is 12.2 Å². The van der Waals surface area contributed by atoms with Crippen molar-refractivity contribution in [2.24, 2.45) is 0 Å². The van der Waals surface area contributed by atoms with Gasteiger partial charge in [0.2, 0.25) is 0 Å². The molecule has 2 nitrogen and oxygen atoms in total. The first-order chi connectivity index (χ1) is 7.92. The number of hydrogen-bond acceptors (Lipinski definition) is 2. The van der Waals surface area contributed by atoms with Gasteiger partial charge in [-0.25, -0.2) is 0 Å². The zero-order chi connectivity index (χ0) is 12.9. The number of halogens is 1. The topological polar surface area (TPSA) is 18.5 Å². The first-order valence-corrected chi connectivity index (χ1v) is 6.97. The molecule has 17 heavy (non-hydrogen) atoms. The van der Waals surface area contributed by atoms with Crippen LogP contribution < -0.4 is 4.74 Å². The van der Waals surface area contributed by atoms with Crippen molar-refractivity contribution >= 4 is 15.9 Å². The first kappa shape index (κ1) is 14.5. The van der Waals surface area contributed by atoms with Crippen molar-refractivity contribution in [1.29, 1.82) is 0 Å². The van der Waals surface area contributed by atoms with Crippen LogP contribution in [-0.4, -0.2) is 18.8 Å². The van der Waals surface area contributed by atoms with E-state index in [1.807, 2.05) is 26.8 Å². The van der Waals surface area contributed by atoms with E-state index in [-0.39, 0.29) is 5.60 Å². The van der Waals surface area contributed by atoms with Crippen molar-refractivity contribution in [3.63, 3.8) is 0 Å². The lowest BCUT2D eigenvalue weighted by atomic mass is 10.1. The van der Waals surface area contributed by atoms with Crippen LogP contribution in [0.2, 0.25) is 0 Å². The van der Waals surface area contributed by atoms with Crippen molar-refractivity contribution in [2.75, 3.05) is 13.2 Å². The summed E-state index contributed by atoms with van der Waals surface area (Å²) in [6.07, 6.45) is 0. The Morgan fingerprint density at radius 1 is 1.18 bits per heavy atom. The fourth-order valence-electron chi connectivity index (χ4n) is 1.45. The van der Waals surface area contributed by atoms with E-state index in [1.165, 1.54) is 11.1 Å². The third-order valence-electron chi connectivity index (χ3n) is 2.24. The zero-order valence-electron chi connectivity index (χ0n) is 11.0. The number of rotatable bonds is 5. The lowest BCUT2D eigenvalue weighted by Crippen LogP contribution is -2.22. The predicted octanol–water partition coefficient (Wildman–Crippen LogP) is 4.08. The summed E-state index contributed by atoms with van der Waals surface area (Å²) in [6.45, 7) is 9.41. The average Bonchev–Trinajstić information content (AvgIpc) is 2.24. The maximum absolute atomic E-state index is 5.72. The molecule has 0 unspecified atom stereocenters. The maximum atomic E-state index is 5.72. The molecule has 0 amide bonds. The van der Waals surface area contributed by atoms with Gasteiger partial charge in [-0.05, 0) is 33.8 Å². The van der Waals surface area contributed by atoms with E-state index < -0.39 is 0 Å². The molecule has 0 radical (unpaired) electrons. The Balaban J connectivity index is 2.46. The SMILES string of the molecule is Cc1ccc(OCCOC(C)(C)C)c(CBr)c1. The summed E-state index contributed by atoms with van der Waals surface area (Å²) in [5, 5.41) is 0.810. The van der Waals surface area contributed by atoms with Crippen molar-refractivity contribution in [2.45, 2.75) is 38.6 Å². The molecule has 0 aliphatic carbocycles. The quantitative estimate of drug-likeness (QED) is 0.602. The third kappa shape index (κ3) is 5.55. The second-order valence-electron chi connectivity index (χ2n) is 5.05. The summed E-state index contributed by atoms with van der Waals surface area (Å²) in [7, 11) is 0. The van der Waals surface area contributed by atoms with Crippen LogP contribution in [0.4, 0.5) is 0 Å². The molecular formula is C14H21BrO2.